The first kappa shape index (κ1) is 26.2. The monoisotopic (exact) mass is 447 g/mol. The van der Waals surface area contributed by atoms with Crippen molar-refractivity contribution in [2.24, 2.45) is 0 Å². The Morgan fingerprint density at radius 2 is 1.10 bits per heavy atom. The molecule has 0 aliphatic carbocycles. The van der Waals surface area contributed by atoms with Gasteiger partial charge in [0.1, 0.15) is 0 Å². The van der Waals surface area contributed by atoms with E-state index in [1.807, 2.05) is 55.4 Å². The fraction of sp³-hybridized carbons (Fsp3) is 1.00. The number of hydrogen-bond donors (Lipinski definition) is 2. The van der Waals surface area contributed by atoms with Crippen LogP contribution in [-0.2, 0) is 14.3 Å². The maximum absolute atomic E-state index is 11.0. The summed E-state index contributed by atoms with van der Waals surface area (Å²) in [7, 11) is 0. The maximum Gasteiger partial charge on any atom is 0.294 e. The summed E-state index contributed by atoms with van der Waals surface area (Å²) in [6.07, 6.45) is 1.19. The van der Waals surface area contributed by atoms with Crippen molar-refractivity contribution in [2.75, 3.05) is 13.2 Å². The second-order valence-corrected chi connectivity index (χ2v) is 11.6. The SMILES string of the molecule is CC1(C)CC(OCC(COC2CC(C)(C)N(O)C(C)(C)C2)O[N+](=O)[O-])CC(C)(C)N1O. The molecule has 182 valence electrons. The minimum atomic E-state index is -0.855. The van der Waals surface area contributed by atoms with Crippen molar-refractivity contribution in [1.82, 2.24) is 10.1 Å². The van der Waals surface area contributed by atoms with E-state index in [1.165, 1.54) is 10.1 Å². The lowest BCUT2D eigenvalue weighted by Gasteiger charge is -2.51. The van der Waals surface area contributed by atoms with Gasteiger partial charge in [0.15, 0.2) is 6.10 Å². The van der Waals surface area contributed by atoms with E-state index in [1.54, 1.807) is 0 Å². The van der Waals surface area contributed by atoms with Gasteiger partial charge < -0.3 is 24.7 Å². The van der Waals surface area contributed by atoms with Gasteiger partial charge in [-0.15, -0.1) is 10.1 Å². The molecule has 2 fully saturated rings. The second-order valence-electron chi connectivity index (χ2n) is 11.6. The van der Waals surface area contributed by atoms with Crippen molar-refractivity contribution >= 4 is 0 Å². The molecule has 2 N–H and O–H groups in total. The molecule has 0 atom stereocenters. The van der Waals surface area contributed by atoms with Crippen molar-refractivity contribution in [1.29, 1.82) is 0 Å². The number of hydrogen-bond acceptors (Lipinski definition) is 9. The zero-order valence-corrected chi connectivity index (χ0v) is 20.3. The average molecular weight is 448 g/mol. The topological polar surface area (TPSA) is 118 Å². The van der Waals surface area contributed by atoms with Crippen molar-refractivity contribution in [3.63, 3.8) is 0 Å². The molecule has 2 aliphatic rings. The minimum absolute atomic E-state index is 0.0227. The van der Waals surface area contributed by atoms with E-state index < -0.39 is 33.3 Å². The predicted molar refractivity (Wildman–Crippen MR) is 113 cm³/mol. The first-order valence-corrected chi connectivity index (χ1v) is 11.0. The quantitative estimate of drug-likeness (QED) is 0.426. The van der Waals surface area contributed by atoms with E-state index in [0.29, 0.717) is 25.7 Å². The Hall–Kier alpha value is -1.04. The van der Waals surface area contributed by atoms with Crippen molar-refractivity contribution in [2.45, 2.75) is 122 Å². The summed E-state index contributed by atoms with van der Waals surface area (Å²) in [4.78, 5) is 15.8. The number of hydroxylamine groups is 4. The third-order valence-electron chi connectivity index (χ3n) is 6.47. The molecule has 0 aromatic heterocycles. The van der Waals surface area contributed by atoms with Gasteiger partial charge in [0.2, 0.25) is 0 Å². The Balaban J connectivity index is 1.96. The van der Waals surface area contributed by atoms with Crippen LogP contribution in [-0.4, -0.2) is 79.3 Å². The van der Waals surface area contributed by atoms with Crippen LogP contribution in [0, 0.1) is 10.1 Å². The first-order valence-electron chi connectivity index (χ1n) is 11.0. The van der Waals surface area contributed by atoms with Crippen LogP contribution in [0.1, 0.15) is 81.1 Å². The molecule has 2 saturated heterocycles. The fourth-order valence-corrected chi connectivity index (χ4v) is 5.31. The number of nitrogens with zero attached hydrogens (tertiary/aromatic N) is 3. The summed E-state index contributed by atoms with van der Waals surface area (Å²) < 4.78 is 12.0. The molecule has 0 spiro atoms. The highest BCUT2D eigenvalue weighted by Gasteiger charge is 2.47. The van der Waals surface area contributed by atoms with E-state index in [-0.39, 0.29) is 25.4 Å². The third-order valence-corrected chi connectivity index (χ3v) is 6.47. The molecule has 31 heavy (non-hydrogen) atoms. The average Bonchev–Trinajstić information content (AvgIpc) is 2.58. The highest BCUT2D eigenvalue weighted by atomic mass is 17.0. The molecular formula is C21H41N3O7. The lowest BCUT2D eigenvalue weighted by Crippen LogP contribution is -2.61. The Kier molecular flexibility index (Phi) is 7.67. The van der Waals surface area contributed by atoms with Gasteiger partial charge in [-0.05, 0) is 81.1 Å². The highest BCUT2D eigenvalue weighted by molar-refractivity contribution is 4.98. The van der Waals surface area contributed by atoms with E-state index in [4.69, 9.17) is 14.3 Å². The fourth-order valence-electron chi connectivity index (χ4n) is 5.31. The molecule has 0 amide bonds. The molecule has 2 aliphatic heterocycles. The number of ether oxygens (including phenoxy) is 2. The highest BCUT2D eigenvalue weighted by Crippen LogP contribution is 2.39. The molecule has 0 aromatic rings. The zero-order chi connectivity index (χ0) is 23.8. The zero-order valence-electron chi connectivity index (χ0n) is 20.3. The smallest absolute Gasteiger partial charge is 0.294 e. The van der Waals surface area contributed by atoms with Crippen LogP contribution in [0.4, 0.5) is 0 Å². The van der Waals surface area contributed by atoms with Crippen molar-refractivity contribution in [3.05, 3.63) is 10.1 Å². The minimum Gasteiger partial charge on any atom is -0.376 e. The maximum atomic E-state index is 11.0. The van der Waals surface area contributed by atoms with Crippen LogP contribution < -0.4 is 0 Å². The van der Waals surface area contributed by atoms with Crippen LogP contribution in [0.2, 0.25) is 0 Å². The van der Waals surface area contributed by atoms with Gasteiger partial charge in [-0.3, -0.25) is 0 Å². The second kappa shape index (κ2) is 9.07. The van der Waals surface area contributed by atoms with Crippen LogP contribution in [0.5, 0.6) is 0 Å². The normalized spacial score (nSPS) is 26.8. The van der Waals surface area contributed by atoms with E-state index in [2.05, 4.69) is 0 Å². The van der Waals surface area contributed by atoms with Gasteiger partial charge in [0.05, 0.1) is 25.4 Å². The van der Waals surface area contributed by atoms with Gasteiger partial charge in [-0.1, -0.05) is 0 Å². The molecule has 2 rings (SSSR count). The lowest BCUT2D eigenvalue weighted by molar-refractivity contribution is -0.769. The third kappa shape index (κ3) is 6.49. The van der Waals surface area contributed by atoms with Crippen LogP contribution in [0.15, 0.2) is 0 Å². The number of piperidine rings is 2. The Morgan fingerprint density at radius 1 is 0.806 bits per heavy atom. The van der Waals surface area contributed by atoms with E-state index in [9.17, 15) is 20.5 Å². The summed E-state index contributed by atoms with van der Waals surface area (Å²) in [6.45, 7) is 15.6. The molecule has 0 unspecified atom stereocenters. The van der Waals surface area contributed by atoms with Crippen molar-refractivity contribution in [3.8, 4) is 0 Å². The summed E-state index contributed by atoms with van der Waals surface area (Å²) >= 11 is 0. The molecule has 10 nitrogen and oxygen atoms in total. The summed E-state index contributed by atoms with van der Waals surface area (Å²) in [6, 6.07) is 0. The Morgan fingerprint density at radius 3 is 1.35 bits per heavy atom. The molecular weight excluding hydrogens is 406 g/mol. The molecule has 10 heteroatoms. The standard InChI is InChI=1S/C21H41N3O7/c1-18(2)9-15(10-19(3,4)22(18)25)29-13-17(31-24(27)28)14-30-16-11-20(5,6)23(26)21(7,8)12-16/h15-17,25-26H,9-14H2,1-8H3. The predicted octanol–water partition coefficient (Wildman–Crippen LogP) is 3.42. The lowest BCUT2D eigenvalue weighted by atomic mass is 9.80. The van der Waals surface area contributed by atoms with Gasteiger partial charge >= 0.3 is 0 Å². The largest absolute Gasteiger partial charge is 0.376 e. The van der Waals surface area contributed by atoms with E-state index in [0.717, 1.165) is 0 Å². The summed E-state index contributed by atoms with van der Waals surface area (Å²) in [5.74, 6) is 0. The molecule has 0 aromatic carbocycles. The summed E-state index contributed by atoms with van der Waals surface area (Å²) in [5, 5.41) is 33.8. The van der Waals surface area contributed by atoms with Gasteiger partial charge in [0, 0.05) is 22.2 Å². The van der Waals surface area contributed by atoms with Crippen LogP contribution in [0.25, 0.3) is 0 Å². The van der Waals surface area contributed by atoms with Gasteiger partial charge in [-0.2, -0.15) is 10.1 Å². The molecule has 0 bridgehead atoms. The van der Waals surface area contributed by atoms with Gasteiger partial charge in [-0.25, -0.2) is 0 Å². The molecule has 0 radical (unpaired) electrons. The summed E-state index contributed by atoms with van der Waals surface area (Å²) in [5.41, 5.74) is -1.90. The first-order chi connectivity index (χ1) is 14.0. The Bertz CT molecular complexity index is 556. The van der Waals surface area contributed by atoms with Crippen LogP contribution >= 0.6 is 0 Å². The molecule has 0 saturated carbocycles. The molecule has 2 heterocycles. The number of rotatable bonds is 8. The van der Waals surface area contributed by atoms with Gasteiger partial charge in [0.25, 0.3) is 5.09 Å². The Labute approximate surface area is 185 Å². The van der Waals surface area contributed by atoms with E-state index >= 15 is 0 Å². The van der Waals surface area contributed by atoms with Crippen molar-refractivity contribution < 1.29 is 29.8 Å². The van der Waals surface area contributed by atoms with Crippen LogP contribution in [0.3, 0.4) is 0 Å².